The molecule has 2 fully saturated rings. The molecule has 1 saturated heterocycles. The average molecular weight is 309 g/mol. The maximum absolute atomic E-state index is 12.5. The molecule has 1 atom stereocenters. The average Bonchev–Trinajstić information content (AvgIpc) is 3.24. The summed E-state index contributed by atoms with van der Waals surface area (Å²) >= 11 is 0. The summed E-state index contributed by atoms with van der Waals surface area (Å²) < 4.78 is 22.9. The number of carbonyl (C=O) groups excluding carboxylic acids is 1. The maximum atomic E-state index is 12.5. The molecule has 1 saturated carbocycles. The van der Waals surface area contributed by atoms with E-state index in [1.54, 1.807) is 17.0 Å². The number of primary sulfonamides is 1. The predicted molar refractivity (Wildman–Crippen MR) is 79.3 cm³/mol. The van der Waals surface area contributed by atoms with E-state index >= 15 is 0 Å². The Balaban J connectivity index is 1.83. The van der Waals surface area contributed by atoms with Gasteiger partial charge in [-0.3, -0.25) is 4.79 Å². The van der Waals surface area contributed by atoms with Gasteiger partial charge in [0.05, 0.1) is 10.9 Å². The second kappa shape index (κ2) is 5.40. The number of nitrogens with two attached hydrogens (primary N) is 1. The quantitative estimate of drug-likeness (QED) is 0.851. The molecule has 3 rings (SSSR count). The minimum absolute atomic E-state index is 0.0136. The smallest absolute Gasteiger partial charge is 0.244 e. The Morgan fingerprint density at radius 2 is 2.00 bits per heavy atom. The SMILES string of the molecule is NS(=O)(=O)c1cccc(N2CCCC(NC3CC3)C2=O)c1. The summed E-state index contributed by atoms with van der Waals surface area (Å²) in [5.41, 5.74) is 0.592. The largest absolute Gasteiger partial charge is 0.311 e. The lowest BCUT2D eigenvalue weighted by molar-refractivity contribution is -0.121. The van der Waals surface area contributed by atoms with Crippen molar-refractivity contribution in [2.45, 2.75) is 42.7 Å². The standard InChI is InChI=1S/C14H19N3O3S/c15-21(19,20)12-4-1-3-11(9-12)17-8-2-5-13(14(17)18)16-10-6-7-10/h1,3-4,9-10,13,16H,2,5-8H2,(H2,15,19,20). The van der Waals surface area contributed by atoms with Gasteiger partial charge < -0.3 is 10.2 Å². The third kappa shape index (κ3) is 3.25. The van der Waals surface area contributed by atoms with E-state index in [4.69, 9.17) is 5.14 Å². The van der Waals surface area contributed by atoms with Crippen LogP contribution in [0.2, 0.25) is 0 Å². The van der Waals surface area contributed by atoms with Crippen LogP contribution in [0.25, 0.3) is 0 Å². The summed E-state index contributed by atoms with van der Waals surface area (Å²) in [7, 11) is -3.76. The zero-order valence-corrected chi connectivity index (χ0v) is 12.5. The highest BCUT2D eigenvalue weighted by molar-refractivity contribution is 7.89. The van der Waals surface area contributed by atoms with Crippen LogP contribution in [0.1, 0.15) is 25.7 Å². The van der Waals surface area contributed by atoms with Crippen LogP contribution in [0.3, 0.4) is 0 Å². The van der Waals surface area contributed by atoms with Gasteiger partial charge in [-0.15, -0.1) is 0 Å². The Bertz CT molecular complexity index is 655. The summed E-state index contributed by atoms with van der Waals surface area (Å²) in [6.07, 6.45) is 3.99. The summed E-state index contributed by atoms with van der Waals surface area (Å²) in [4.78, 5) is 14.2. The molecular formula is C14H19N3O3S. The third-order valence-electron chi connectivity index (χ3n) is 3.91. The molecule has 0 bridgehead atoms. The third-order valence-corrected chi connectivity index (χ3v) is 4.82. The van der Waals surface area contributed by atoms with Gasteiger partial charge in [0.1, 0.15) is 0 Å². The number of nitrogens with zero attached hydrogens (tertiary/aromatic N) is 1. The van der Waals surface area contributed by atoms with Crippen molar-refractivity contribution in [3.05, 3.63) is 24.3 Å². The molecule has 7 heteroatoms. The second-order valence-electron chi connectivity index (χ2n) is 5.67. The number of sulfonamides is 1. The van der Waals surface area contributed by atoms with Crippen molar-refractivity contribution in [3.63, 3.8) is 0 Å². The van der Waals surface area contributed by atoms with Gasteiger partial charge in [0.2, 0.25) is 15.9 Å². The number of piperidine rings is 1. The summed E-state index contributed by atoms with van der Waals surface area (Å²) in [6, 6.07) is 6.56. The Kier molecular flexibility index (Phi) is 3.73. The van der Waals surface area contributed by atoms with E-state index in [-0.39, 0.29) is 16.8 Å². The van der Waals surface area contributed by atoms with Crippen LogP contribution in [0.15, 0.2) is 29.2 Å². The minimum atomic E-state index is -3.76. The van der Waals surface area contributed by atoms with E-state index in [2.05, 4.69) is 5.32 Å². The van der Waals surface area contributed by atoms with E-state index in [1.165, 1.54) is 12.1 Å². The first kappa shape index (κ1) is 14.5. The van der Waals surface area contributed by atoms with Gasteiger partial charge in [-0.1, -0.05) is 6.07 Å². The zero-order chi connectivity index (χ0) is 15.0. The highest BCUT2D eigenvalue weighted by atomic mass is 32.2. The van der Waals surface area contributed by atoms with Gasteiger partial charge in [-0.05, 0) is 43.9 Å². The van der Waals surface area contributed by atoms with E-state index in [0.29, 0.717) is 18.3 Å². The van der Waals surface area contributed by atoms with Gasteiger partial charge >= 0.3 is 0 Å². The van der Waals surface area contributed by atoms with Crippen molar-refractivity contribution < 1.29 is 13.2 Å². The molecule has 0 radical (unpaired) electrons. The summed E-state index contributed by atoms with van der Waals surface area (Å²) in [5, 5.41) is 8.50. The maximum Gasteiger partial charge on any atom is 0.244 e. The molecule has 1 aliphatic heterocycles. The molecule has 6 nitrogen and oxygen atoms in total. The van der Waals surface area contributed by atoms with E-state index in [0.717, 1.165) is 25.7 Å². The molecule has 0 spiro atoms. The fourth-order valence-corrected chi connectivity index (χ4v) is 3.20. The van der Waals surface area contributed by atoms with Crippen molar-refractivity contribution in [1.29, 1.82) is 0 Å². The van der Waals surface area contributed by atoms with E-state index in [1.807, 2.05) is 0 Å². The predicted octanol–water partition coefficient (Wildman–Crippen LogP) is 0.581. The van der Waals surface area contributed by atoms with Crippen molar-refractivity contribution in [1.82, 2.24) is 5.32 Å². The molecule has 21 heavy (non-hydrogen) atoms. The molecule has 1 unspecified atom stereocenters. The Morgan fingerprint density at radius 3 is 2.67 bits per heavy atom. The molecule has 0 aromatic heterocycles. The number of amides is 1. The number of nitrogens with one attached hydrogen (secondary N) is 1. The molecular weight excluding hydrogens is 290 g/mol. The topological polar surface area (TPSA) is 92.5 Å². The molecule has 3 N–H and O–H groups in total. The first-order valence-electron chi connectivity index (χ1n) is 7.15. The second-order valence-corrected chi connectivity index (χ2v) is 7.23. The normalized spacial score (nSPS) is 23.4. The minimum Gasteiger partial charge on any atom is -0.311 e. The van der Waals surface area contributed by atoms with Crippen LogP contribution in [0.5, 0.6) is 0 Å². The van der Waals surface area contributed by atoms with E-state index < -0.39 is 10.0 Å². The van der Waals surface area contributed by atoms with Gasteiger partial charge in [0.15, 0.2) is 0 Å². The summed E-state index contributed by atoms with van der Waals surface area (Å²) in [5.74, 6) is 0.0136. The van der Waals surface area contributed by atoms with Gasteiger partial charge in [-0.2, -0.15) is 0 Å². The molecule has 1 aromatic rings. The lowest BCUT2D eigenvalue weighted by atomic mass is 10.0. The first-order valence-corrected chi connectivity index (χ1v) is 8.70. The monoisotopic (exact) mass is 309 g/mol. The van der Waals surface area contributed by atoms with Crippen LogP contribution >= 0.6 is 0 Å². The Hall–Kier alpha value is -1.44. The summed E-state index contributed by atoms with van der Waals surface area (Å²) in [6.45, 7) is 0.607. The highest BCUT2D eigenvalue weighted by Crippen LogP contribution is 2.26. The Labute approximate surface area is 124 Å². The van der Waals surface area contributed by atoms with Crippen molar-refractivity contribution >= 4 is 21.6 Å². The molecule has 2 aliphatic rings. The molecule has 1 amide bonds. The van der Waals surface area contributed by atoms with Crippen molar-refractivity contribution in [2.75, 3.05) is 11.4 Å². The van der Waals surface area contributed by atoms with Gasteiger partial charge in [-0.25, -0.2) is 13.6 Å². The Morgan fingerprint density at radius 1 is 1.24 bits per heavy atom. The number of benzene rings is 1. The van der Waals surface area contributed by atoms with Gasteiger partial charge in [0.25, 0.3) is 0 Å². The van der Waals surface area contributed by atoms with Crippen molar-refractivity contribution in [2.24, 2.45) is 5.14 Å². The van der Waals surface area contributed by atoms with E-state index in [9.17, 15) is 13.2 Å². The highest BCUT2D eigenvalue weighted by Gasteiger charge is 2.34. The number of hydrogen-bond donors (Lipinski definition) is 2. The lowest BCUT2D eigenvalue weighted by Gasteiger charge is -2.33. The number of hydrogen-bond acceptors (Lipinski definition) is 4. The van der Waals surface area contributed by atoms with Crippen LogP contribution in [0, 0.1) is 0 Å². The fourth-order valence-electron chi connectivity index (χ4n) is 2.65. The number of carbonyl (C=O) groups is 1. The zero-order valence-electron chi connectivity index (χ0n) is 11.7. The molecule has 1 aromatic carbocycles. The fraction of sp³-hybridized carbons (Fsp3) is 0.500. The number of anilines is 1. The van der Waals surface area contributed by atoms with Crippen LogP contribution in [0.4, 0.5) is 5.69 Å². The van der Waals surface area contributed by atoms with Gasteiger partial charge in [0, 0.05) is 18.3 Å². The number of rotatable bonds is 4. The molecule has 114 valence electrons. The first-order chi connectivity index (χ1) is 9.95. The van der Waals surface area contributed by atoms with Crippen molar-refractivity contribution in [3.8, 4) is 0 Å². The van der Waals surface area contributed by atoms with Crippen LogP contribution in [-0.2, 0) is 14.8 Å². The van der Waals surface area contributed by atoms with Crippen LogP contribution < -0.4 is 15.4 Å². The molecule has 1 aliphatic carbocycles. The molecule has 1 heterocycles. The van der Waals surface area contributed by atoms with Crippen LogP contribution in [-0.4, -0.2) is 33.0 Å². The lowest BCUT2D eigenvalue weighted by Crippen LogP contribution is -2.51.